The van der Waals surface area contributed by atoms with Crippen molar-refractivity contribution in [3.63, 3.8) is 0 Å². The van der Waals surface area contributed by atoms with Crippen LogP contribution in [0.1, 0.15) is 19.4 Å². The molecule has 0 bridgehead atoms. The lowest BCUT2D eigenvalue weighted by molar-refractivity contribution is -0.139. The second-order valence-electron chi connectivity index (χ2n) is 7.12. The number of rotatable bonds is 9. The molecule has 2 aromatic rings. The highest BCUT2D eigenvalue weighted by Crippen LogP contribution is 2.27. The second-order valence-corrected chi connectivity index (χ2v) is 10.3. The first kappa shape index (κ1) is 26.3. The molecule has 0 aliphatic heterocycles. The monoisotopic (exact) mass is 519 g/mol. The predicted molar refractivity (Wildman–Crippen MR) is 129 cm³/mol. The molecule has 0 heterocycles. The summed E-state index contributed by atoms with van der Waals surface area (Å²) in [6, 6.07) is 10.2. The van der Waals surface area contributed by atoms with E-state index in [1.54, 1.807) is 38.1 Å². The van der Waals surface area contributed by atoms with Gasteiger partial charge in [-0.1, -0.05) is 46.9 Å². The van der Waals surface area contributed by atoms with E-state index in [-0.39, 0.29) is 28.2 Å². The number of anilines is 1. The van der Waals surface area contributed by atoms with Crippen molar-refractivity contribution in [1.82, 2.24) is 10.2 Å². The van der Waals surface area contributed by atoms with Crippen molar-refractivity contribution in [3.8, 4) is 0 Å². The second kappa shape index (κ2) is 11.2. The molecule has 2 rings (SSSR count). The number of sulfonamides is 1. The van der Waals surface area contributed by atoms with E-state index < -0.39 is 28.5 Å². The number of amides is 2. The third kappa shape index (κ3) is 7.27. The van der Waals surface area contributed by atoms with Crippen LogP contribution >= 0.6 is 34.8 Å². The molecular formula is C21H24Cl3N3O4S. The predicted octanol–water partition coefficient (Wildman–Crippen LogP) is 3.97. The molecule has 7 nitrogen and oxygen atoms in total. The van der Waals surface area contributed by atoms with Gasteiger partial charge in [-0.3, -0.25) is 13.9 Å². The van der Waals surface area contributed by atoms with Gasteiger partial charge >= 0.3 is 0 Å². The van der Waals surface area contributed by atoms with Gasteiger partial charge in [-0.15, -0.1) is 0 Å². The van der Waals surface area contributed by atoms with E-state index in [2.05, 4.69) is 5.32 Å². The molecule has 1 unspecified atom stereocenters. The van der Waals surface area contributed by atoms with E-state index >= 15 is 0 Å². The van der Waals surface area contributed by atoms with Gasteiger partial charge in [-0.2, -0.15) is 0 Å². The Morgan fingerprint density at radius 2 is 1.56 bits per heavy atom. The summed E-state index contributed by atoms with van der Waals surface area (Å²) >= 11 is 18.0. The fraction of sp³-hybridized carbons (Fsp3) is 0.333. The van der Waals surface area contributed by atoms with Crippen LogP contribution in [0.4, 0.5) is 5.69 Å². The Hall–Kier alpha value is -2.00. The number of benzene rings is 2. The first-order valence-corrected chi connectivity index (χ1v) is 12.7. The van der Waals surface area contributed by atoms with E-state index in [4.69, 9.17) is 34.8 Å². The standard InChI is InChI=1S/C21H24Cl3N3O4S/c1-4-25-21(29)14(2)26(12-15-5-7-16(22)8-6-15)20(28)13-27(32(3,30)31)19-10-17(23)9-18(24)11-19/h5-11,14H,4,12-13H2,1-3H3,(H,25,29). The molecule has 0 radical (unpaired) electrons. The number of nitrogens with zero attached hydrogens (tertiary/aromatic N) is 2. The summed E-state index contributed by atoms with van der Waals surface area (Å²) in [5.74, 6) is -0.924. The fourth-order valence-corrected chi connectivity index (χ4v) is 4.46. The van der Waals surface area contributed by atoms with Gasteiger partial charge in [0.25, 0.3) is 0 Å². The van der Waals surface area contributed by atoms with Crippen molar-refractivity contribution < 1.29 is 18.0 Å². The van der Waals surface area contributed by atoms with Gasteiger partial charge in [0.1, 0.15) is 12.6 Å². The molecule has 2 amide bonds. The molecule has 0 saturated carbocycles. The first-order valence-electron chi connectivity index (χ1n) is 9.67. The van der Waals surface area contributed by atoms with Crippen LogP contribution in [0.15, 0.2) is 42.5 Å². The summed E-state index contributed by atoms with van der Waals surface area (Å²) < 4.78 is 25.9. The zero-order valence-electron chi connectivity index (χ0n) is 17.8. The highest BCUT2D eigenvalue weighted by molar-refractivity contribution is 7.92. The van der Waals surface area contributed by atoms with E-state index in [1.165, 1.54) is 23.1 Å². The molecule has 0 saturated heterocycles. The Kier molecular flexibility index (Phi) is 9.21. The van der Waals surface area contributed by atoms with Crippen molar-refractivity contribution >= 4 is 62.3 Å². The zero-order valence-corrected chi connectivity index (χ0v) is 20.9. The Labute approximate surface area is 203 Å². The summed E-state index contributed by atoms with van der Waals surface area (Å²) in [6.07, 6.45) is 0.978. The number of likely N-dealkylation sites (N-methyl/N-ethyl adjacent to an activating group) is 1. The van der Waals surface area contributed by atoms with Crippen molar-refractivity contribution in [2.24, 2.45) is 0 Å². The first-order chi connectivity index (χ1) is 14.9. The number of nitrogens with one attached hydrogen (secondary N) is 1. The lowest BCUT2D eigenvalue weighted by Crippen LogP contribution is -2.51. The summed E-state index contributed by atoms with van der Waals surface area (Å²) in [5.41, 5.74) is 0.881. The quantitative estimate of drug-likeness (QED) is 0.542. The lowest BCUT2D eigenvalue weighted by Gasteiger charge is -2.31. The van der Waals surface area contributed by atoms with Crippen molar-refractivity contribution in [2.45, 2.75) is 26.4 Å². The number of hydrogen-bond donors (Lipinski definition) is 1. The van der Waals surface area contributed by atoms with Crippen LogP contribution in [-0.4, -0.2) is 50.5 Å². The zero-order chi connectivity index (χ0) is 24.1. The van der Waals surface area contributed by atoms with Crippen LogP contribution in [0.3, 0.4) is 0 Å². The molecule has 11 heteroatoms. The maximum atomic E-state index is 13.3. The molecular weight excluding hydrogens is 497 g/mol. The number of carbonyl (C=O) groups is 2. The highest BCUT2D eigenvalue weighted by Gasteiger charge is 2.30. The molecule has 1 N–H and O–H groups in total. The van der Waals surface area contributed by atoms with Crippen LogP contribution in [0.5, 0.6) is 0 Å². The topological polar surface area (TPSA) is 86.8 Å². The van der Waals surface area contributed by atoms with Crippen LogP contribution in [0, 0.1) is 0 Å². The molecule has 0 fully saturated rings. The molecule has 1 atom stereocenters. The fourth-order valence-electron chi connectivity index (χ4n) is 2.99. The third-order valence-corrected chi connectivity index (χ3v) is 6.43. The Bertz CT molecular complexity index is 1060. The molecule has 0 spiro atoms. The summed E-state index contributed by atoms with van der Waals surface area (Å²) in [6.45, 7) is 3.29. The van der Waals surface area contributed by atoms with Crippen molar-refractivity contribution in [3.05, 3.63) is 63.1 Å². The average Bonchev–Trinajstić information content (AvgIpc) is 2.69. The van der Waals surface area contributed by atoms with E-state index in [0.717, 1.165) is 16.1 Å². The normalized spacial score (nSPS) is 12.2. The minimum atomic E-state index is -3.86. The van der Waals surface area contributed by atoms with Gasteiger partial charge in [0.15, 0.2) is 0 Å². The van der Waals surface area contributed by atoms with Crippen LogP contribution < -0.4 is 9.62 Å². The van der Waals surface area contributed by atoms with Crippen LogP contribution in [0.2, 0.25) is 15.1 Å². The molecule has 174 valence electrons. The van der Waals surface area contributed by atoms with Gasteiger partial charge in [-0.05, 0) is 49.7 Å². The minimum absolute atomic E-state index is 0.0855. The number of carbonyl (C=O) groups excluding carboxylic acids is 2. The number of halogens is 3. The van der Waals surface area contributed by atoms with Crippen molar-refractivity contribution in [1.29, 1.82) is 0 Å². The average molecular weight is 521 g/mol. The Morgan fingerprint density at radius 3 is 2.06 bits per heavy atom. The van der Waals surface area contributed by atoms with E-state index in [0.29, 0.717) is 11.6 Å². The number of hydrogen-bond acceptors (Lipinski definition) is 4. The van der Waals surface area contributed by atoms with Crippen LogP contribution in [0.25, 0.3) is 0 Å². The van der Waals surface area contributed by atoms with Gasteiger partial charge in [0.2, 0.25) is 21.8 Å². The van der Waals surface area contributed by atoms with Gasteiger partial charge in [0.05, 0.1) is 11.9 Å². The third-order valence-electron chi connectivity index (χ3n) is 4.60. The summed E-state index contributed by atoms with van der Waals surface area (Å²) in [4.78, 5) is 27.1. The largest absolute Gasteiger partial charge is 0.355 e. The van der Waals surface area contributed by atoms with Gasteiger partial charge in [0, 0.05) is 28.2 Å². The molecule has 0 aliphatic carbocycles. The Morgan fingerprint density at radius 1 is 1.00 bits per heavy atom. The lowest BCUT2D eigenvalue weighted by atomic mass is 10.1. The van der Waals surface area contributed by atoms with E-state index in [1.807, 2.05) is 0 Å². The van der Waals surface area contributed by atoms with E-state index in [9.17, 15) is 18.0 Å². The maximum Gasteiger partial charge on any atom is 0.244 e. The maximum absolute atomic E-state index is 13.3. The summed E-state index contributed by atoms with van der Waals surface area (Å²) in [5, 5.41) is 3.67. The molecule has 2 aromatic carbocycles. The SMILES string of the molecule is CCNC(=O)C(C)N(Cc1ccc(Cl)cc1)C(=O)CN(c1cc(Cl)cc(Cl)c1)S(C)(=O)=O. The molecule has 0 aromatic heterocycles. The summed E-state index contributed by atoms with van der Waals surface area (Å²) in [7, 11) is -3.86. The minimum Gasteiger partial charge on any atom is -0.355 e. The highest BCUT2D eigenvalue weighted by atomic mass is 35.5. The molecule has 32 heavy (non-hydrogen) atoms. The van der Waals surface area contributed by atoms with Crippen LogP contribution in [-0.2, 0) is 26.2 Å². The van der Waals surface area contributed by atoms with Gasteiger partial charge in [-0.25, -0.2) is 8.42 Å². The van der Waals surface area contributed by atoms with Gasteiger partial charge < -0.3 is 10.2 Å². The molecule has 0 aliphatic rings. The Balaban J connectivity index is 2.40. The smallest absolute Gasteiger partial charge is 0.244 e. The van der Waals surface area contributed by atoms with Crippen molar-refractivity contribution in [2.75, 3.05) is 23.7 Å².